The molecule has 4 aromatic carbocycles. The minimum absolute atomic E-state index is 0.0203. The lowest BCUT2D eigenvalue weighted by Gasteiger charge is -2.67. The molecule has 1 amide bonds. The Labute approximate surface area is 392 Å². The van der Waals surface area contributed by atoms with E-state index in [1.807, 2.05) is 0 Å². The molecule has 1 saturated heterocycles. The quantitative estimate of drug-likeness (QED) is 0.0597. The molecule has 1 heterocycles. The summed E-state index contributed by atoms with van der Waals surface area (Å²) in [5, 5.41) is 40.9. The van der Waals surface area contributed by atoms with Crippen molar-refractivity contribution in [3.05, 3.63) is 149 Å². The molecule has 4 aliphatic rings. The molecule has 8 rings (SSSR count). The van der Waals surface area contributed by atoms with Gasteiger partial charge in [0.25, 0.3) is 5.91 Å². The molecule has 3 fully saturated rings. The molecule has 11 atom stereocenters. The highest BCUT2D eigenvalue weighted by atomic mass is 16.6. The summed E-state index contributed by atoms with van der Waals surface area (Å²) in [5.41, 5.74) is -1.35. The van der Waals surface area contributed by atoms with Crippen LogP contribution >= 0.6 is 0 Å². The Hall–Kier alpha value is -6.72. The number of esters is 4. The average molecular weight is 931 g/mol. The van der Waals surface area contributed by atoms with Crippen LogP contribution in [-0.4, -0.2) is 105 Å². The van der Waals surface area contributed by atoms with Gasteiger partial charge >= 0.3 is 23.9 Å². The predicted molar refractivity (Wildman–Crippen MR) is 242 cm³/mol. The molecular formula is C52H54N2O14. The number of hydrogen-bond acceptors (Lipinski definition) is 15. The summed E-state index contributed by atoms with van der Waals surface area (Å²) >= 11 is 0. The fourth-order valence-electron chi connectivity index (χ4n) is 10.9. The molecule has 0 spiro atoms. The first-order valence-electron chi connectivity index (χ1n) is 22.3. The second-order valence-corrected chi connectivity index (χ2v) is 18.7. The van der Waals surface area contributed by atoms with Crippen molar-refractivity contribution < 1.29 is 67.8 Å². The maximum Gasteiger partial charge on any atom is 0.341 e. The maximum absolute atomic E-state index is 16.0. The molecule has 3 aliphatic carbocycles. The number of amides is 1. The monoisotopic (exact) mass is 930 g/mol. The largest absolute Gasteiger partial charge is 0.456 e. The first kappa shape index (κ1) is 47.8. The highest BCUT2D eigenvalue weighted by Gasteiger charge is 2.78. The summed E-state index contributed by atoms with van der Waals surface area (Å²) in [4.78, 5) is 86.0. The number of para-hydroxylation sites is 1. The molecule has 4 aromatic rings. The Morgan fingerprint density at radius 1 is 0.809 bits per heavy atom. The number of anilines is 1. The number of nitrogens with one attached hydrogen (secondary N) is 1. The van der Waals surface area contributed by atoms with Crippen LogP contribution < -0.4 is 11.1 Å². The van der Waals surface area contributed by atoms with Crippen LogP contribution in [-0.2, 0) is 38.1 Å². The van der Waals surface area contributed by atoms with Gasteiger partial charge in [-0.2, -0.15) is 0 Å². The highest BCUT2D eigenvalue weighted by Crippen LogP contribution is 2.64. The summed E-state index contributed by atoms with van der Waals surface area (Å²) < 4.78 is 30.9. The zero-order valence-corrected chi connectivity index (χ0v) is 38.1. The highest BCUT2D eigenvalue weighted by molar-refractivity contribution is 6.00. The van der Waals surface area contributed by atoms with E-state index in [1.165, 1.54) is 38.1 Å². The fraction of sp³-hybridized carbons (Fsp3) is 0.385. The van der Waals surface area contributed by atoms with Crippen molar-refractivity contribution in [2.45, 2.75) is 101 Å². The van der Waals surface area contributed by atoms with Gasteiger partial charge in [-0.25, -0.2) is 14.4 Å². The summed E-state index contributed by atoms with van der Waals surface area (Å²) in [5.74, 6) is -7.21. The number of Topliss-reactive ketones (excluding diaryl/α,β-unsaturated/α-hetero) is 1. The number of nitrogen functional groups attached to an aromatic ring is 1. The zero-order chi connectivity index (χ0) is 48.9. The van der Waals surface area contributed by atoms with Gasteiger partial charge in [0, 0.05) is 36.4 Å². The van der Waals surface area contributed by atoms with Crippen LogP contribution in [0.5, 0.6) is 0 Å². The second kappa shape index (κ2) is 18.1. The van der Waals surface area contributed by atoms with Crippen molar-refractivity contribution in [2.75, 3.05) is 12.3 Å². The Kier molecular flexibility index (Phi) is 12.7. The zero-order valence-electron chi connectivity index (χ0n) is 38.1. The van der Waals surface area contributed by atoms with Gasteiger partial charge in [-0.05, 0) is 67.0 Å². The number of nitrogens with two attached hydrogens (primary N) is 1. The number of carbonyl (C=O) groups is 6. The normalized spacial score (nSPS) is 30.0. The van der Waals surface area contributed by atoms with Crippen LogP contribution in [0.1, 0.15) is 90.1 Å². The molecule has 2 bridgehead atoms. The van der Waals surface area contributed by atoms with Crippen LogP contribution in [0, 0.1) is 16.7 Å². The van der Waals surface area contributed by atoms with Crippen LogP contribution in [0.4, 0.5) is 5.69 Å². The lowest BCUT2D eigenvalue weighted by Crippen LogP contribution is -2.82. The number of fused-ring (bicyclic) bond motifs is 5. The molecule has 0 aromatic heterocycles. The number of rotatable bonds is 11. The molecule has 356 valence electrons. The van der Waals surface area contributed by atoms with Crippen LogP contribution in [0.3, 0.4) is 0 Å². The molecular weight excluding hydrogens is 877 g/mol. The molecule has 16 heteroatoms. The fourth-order valence-corrected chi connectivity index (χ4v) is 10.9. The molecule has 16 nitrogen and oxygen atoms in total. The van der Waals surface area contributed by atoms with Crippen molar-refractivity contribution in [2.24, 2.45) is 16.7 Å². The van der Waals surface area contributed by atoms with Crippen molar-refractivity contribution in [1.82, 2.24) is 5.32 Å². The number of ether oxygens (including phenoxy) is 5. The number of benzene rings is 4. The molecule has 2 saturated carbocycles. The number of hydrogen-bond donors (Lipinski definition) is 5. The van der Waals surface area contributed by atoms with Gasteiger partial charge in [-0.3, -0.25) is 14.4 Å². The average Bonchev–Trinajstić information content (AvgIpc) is 3.32. The molecule has 6 N–H and O–H groups in total. The van der Waals surface area contributed by atoms with Crippen molar-refractivity contribution >= 4 is 41.3 Å². The topological polar surface area (TPSA) is 247 Å². The van der Waals surface area contributed by atoms with E-state index in [1.54, 1.807) is 105 Å². The number of carbonyl (C=O) groups excluding carboxylic acids is 6. The van der Waals surface area contributed by atoms with Crippen molar-refractivity contribution in [3.63, 3.8) is 0 Å². The molecule has 68 heavy (non-hydrogen) atoms. The number of aliphatic hydroxyl groups is 3. The Bertz CT molecular complexity index is 2660. The molecule has 0 radical (unpaired) electrons. The first-order valence-corrected chi connectivity index (χ1v) is 22.3. The van der Waals surface area contributed by atoms with Gasteiger partial charge in [0.05, 0.1) is 41.2 Å². The third-order valence-electron chi connectivity index (χ3n) is 14.6. The van der Waals surface area contributed by atoms with E-state index in [0.29, 0.717) is 5.56 Å². The summed E-state index contributed by atoms with van der Waals surface area (Å²) in [6, 6.07) is 28.8. The van der Waals surface area contributed by atoms with E-state index in [9.17, 15) is 39.3 Å². The Morgan fingerprint density at radius 3 is 1.99 bits per heavy atom. The molecule has 3 unspecified atom stereocenters. The van der Waals surface area contributed by atoms with Crippen LogP contribution in [0.15, 0.2) is 126 Å². The second-order valence-electron chi connectivity index (χ2n) is 18.7. The minimum atomic E-state index is -2.46. The third-order valence-corrected chi connectivity index (χ3v) is 14.6. The van der Waals surface area contributed by atoms with E-state index >= 15 is 4.79 Å². The SMILES string of the molecule is CC(=O)O[C@@]12CO[C@@H]1C[C@H](O)[C@@]1(C)C(=O)[C@H](OC(=O)c3ccccc3N)C3=C(C)[C@@H](OC(=O)C(O)C(NC(=O)c4ccccc4)c4ccccc4)C[C@@](O)([C@@H](OC(=O)c4ccccc4)C12)C3(C)C. The lowest BCUT2D eigenvalue weighted by molar-refractivity contribution is -0.345. The smallest absolute Gasteiger partial charge is 0.341 e. The maximum atomic E-state index is 16.0. The van der Waals surface area contributed by atoms with Crippen molar-refractivity contribution in [1.29, 1.82) is 0 Å². The molecule has 1 aliphatic heterocycles. The Balaban J connectivity index is 1.31. The summed E-state index contributed by atoms with van der Waals surface area (Å²) in [7, 11) is 0. The van der Waals surface area contributed by atoms with Gasteiger partial charge in [0.1, 0.15) is 23.9 Å². The van der Waals surface area contributed by atoms with E-state index in [-0.39, 0.29) is 46.6 Å². The van der Waals surface area contributed by atoms with E-state index < -0.39 is 113 Å². The van der Waals surface area contributed by atoms with Crippen LogP contribution in [0.25, 0.3) is 0 Å². The lowest BCUT2D eigenvalue weighted by atomic mass is 9.44. The third kappa shape index (κ3) is 7.94. The summed E-state index contributed by atoms with van der Waals surface area (Å²) in [6.45, 7) is 6.80. The van der Waals surface area contributed by atoms with E-state index in [4.69, 9.17) is 29.4 Å². The Morgan fingerprint density at radius 2 is 1.40 bits per heavy atom. The number of aliphatic hydroxyl groups excluding tert-OH is 2. The van der Waals surface area contributed by atoms with E-state index in [0.717, 1.165) is 6.92 Å². The van der Waals surface area contributed by atoms with Crippen molar-refractivity contribution in [3.8, 4) is 0 Å². The van der Waals surface area contributed by atoms with E-state index in [2.05, 4.69) is 5.32 Å². The predicted octanol–water partition coefficient (Wildman–Crippen LogP) is 4.61. The first-order chi connectivity index (χ1) is 32.3. The minimum Gasteiger partial charge on any atom is -0.456 e. The standard InChI is InChI=1S/C52H54N2O14/c1-28-35(65-48(62)40(57)39(30-17-9-6-10-18-30)54-45(59)31-19-11-7-12-20-31)26-52(63)44(67-46(60)32-21-13-8-14-22-32)42-50(5,36(56)25-37-51(42,27-64-37)68-29(2)55)43(58)41(38(28)49(52,3)4)66-47(61)33-23-15-16-24-34(33)53/h6-24,35-37,39-42,44,56-57,63H,25-27,53H2,1-5H3,(H,54,59)/t35-,36-,37+,39?,40?,41+,42?,44-,50+,51-,52+/m0/s1. The van der Waals surface area contributed by atoms with Gasteiger partial charge in [0.15, 0.2) is 23.6 Å². The van der Waals surface area contributed by atoms with Gasteiger partial charge in [-0.15, -0.1) is 0 Å². The van der Waals surface area contributed by atoms with Gasteiger partial charge in [0.2, 0.25) is 0 Å². The van der Waals surface area contributed by atoms with Crippen LogP contribution in [0.2, 0.25) is 0 Å². The number of ketones is 1. The van der Waals surface area contributed by atoms with Gasteiger partial charge < -0.3 is 50.1 Å². The van der Waals surface area contributed by atoms with Gasteiger partial charge in [-0.1, -0.05) is 92.7 Å². The summed E-state index contributed by atoms with van der Waals surface area (Å²) in [6.07, 6.45) is -11.0.